The molecule has 1 heterocycles. The first kappa shape index (κ1) is 15.9. The summed E-state index contributed by atoms with van der Waals surface area (Å²) in [5, 5.41) is 20.5. The highest BCUT2D eigenvalue weighted by Crippen LogP contribution is 2.32. The fourth-order valence-electron chi connectivity index (χ4n) is 2.76. The van der Waals surface area contributed by atoms with Gasteiger partial charge in [-0.15, -0.1) is 12.6 Å². The molecule has 0 aromatic heterocycles. The molecule has 0 aliphatic carbocycles. The molecule has 5 heteroatoms. The molecular weight excluding hydrogens is 308 g/mol. The van der Waals surface area contributed by atoms with Gasteiger partial charge in [-0.05, 0) is 54.7 Å². The van der Waals surface area contributed by atoms with Crippen molar-refractivity contribution in [3.63, 3.8) is 0 Å². The number of ether oxygens (including phenoxy) is 1. The Morgan fingerprint density at radius 3 is 2.61 bits per heavy atom. The van der Waals surface area contributed by atoms with Gasteiger partial charge in [-0.25, -0.2) is 0 Å². The minimum Gasteiger partial charge on any atom is -0.508 e. The second-order valence-electron chi connectivity index (χ2n) is 5.65. The lowest BCUT2D eigenvalue weighted by Crippen LogP contribution is -2.27. The van der Waals surface area contributed by atoms with Gasteiger partial charge in [-0.1, -0.05) is 12.1 Å². The van der Waals surface area contributed by atoms with Gasteiger partial charge in [0, 0.05) is 29.0 Å². The molecule has 0 saturated carbocycles. The van der Waals surface area contributed by atoms with E-state index in [-0.39, 0.29) is 12.0 Å². The van der Waals surface area contributed by atoms with Crippen LogP contribution < -0.4 is 5.32 Å². The van der Waals surface area contributed by atoms with Crippen LogP contribution in [0.4, 0.5) is 5.69 Å². The zero-order chi connectivity index (χ0) is 16.2. The van der Waals surface area contributed by atoms with Gasteiger partial charge in [0.15, 0.2) is 0 Å². The molecule has 0 amide bonds. The monoisotopic (exact) mass is 328 g/mol. The zero-order valence-corrected chi connectivity index (χ0v) is 13.6. The number of benzene rings is 2. The van der Waals surface area contributed by atoms with Gasteiger partial charge in [-0.2, -0.15) is 0 Å². The van der Waals surface area contributed by atoms with Crippen LogP contribution in [-0.2, 0) is 4.74 Å². The maximum atomic E-state index is 9.44. The molecule has 4 nitrogen and oxygen atoms in total. The van der Waals surface area contributed by atoms with E-state index in [0.717, 1.165) is 53.1 Å². The van der Waals surface area contributed by atoms with Crippen LogP contribution in [0.1, 0.15) is 24.8 Å². The molecule has 0 spiro atoms. The van der Waals surface area contributed by atoms with Crippen LogP contribution in [0.5, 0.6) is 5.75 Å². The summed E-state index contributed by atoms with van der Waals surface area (Å²) in [6.07, 6.45) is 4.49. The summed E-state index contributed by atoms with van der Waals surface area (Å²) in [6, 6.07) is 11.0. The van der Waals surface area contributed by atoms with Gasteiger partial charge in [-0.3, -0.25) is 0 Å². The average Bonchev–Trinajstić information content (AvgIpc) is 2.56. The van der Waals surface area contributed by atoms with Crippen molar-refractivity contribution in [3.8, 4) is 16.9 Å². The van der Waals surface area contributed by atoms with E-state index in [1.54, 1.807) is 12.1 Å². The van der Waals surface area contributed by atoms with Gasteiger partial charge < -0.3 is 20.6 Å². The largest absolute Gasteiger partial charge is 0.508 e. The van der Waals surface area contributed by atoms with Crippen molar-refractivity contribution in [2.24, 2.45) is 0 Å². The van der Waals surface area contributed by atoms with Gasteiger partial charge in [0.05, 0.1) is 0 Å². The van der Waals surface area contributed by atoms with Crippen LogP contribution in [0.2, 0.25) is 0 Å². The Hall–Kier alpha value is -1.98. The summed E-state index contributed by atoms with van der Waals surface area (Å²) in [6.45, 7) is 0.767. The number of hydrogen-bond donors (Lipinski definition) is 4. The fourth-order valence-corrected chi connectivity index (χ4v) is 3.08. The van der Waals surface area contributed by atoms with E-state index in [0.29, 0.717) is 0 Å². The third kappa shape index (κ3) is 3.68. The molecule has 2 aromatic rings. The number of thiol groups is 1. The van der Waals surface area contributed by atoms with Crippen molar-refractivity contribution >= 4 is 24.5 Å². The smallest absolute Gasteiger partial charge is 0.127 e. The summed E-state index contributed by atoms with van der Waals surface area (Å²) >= 11 is 4.52. The molecule has 1 atom stereocenters. The van der Waals surface area contributed by atoms with Crippen LogP contribution in [0.15, 0.2) is 41.3 Å². The summed E-state index contributed by atoms with van der Waals surface area (Å²) < 4.78 is 5.74. The zero-order valence-electron chi connectivity index (χ0n) is 12.7. The molecule has 0 radical (unpaired) electrons. The number of phenols is 1. The molecule has 1 unspecified atom stereocenters. The molecular formula is C18H20N2O2S. The molecule has 1 aliphatic heterocycles. The van der Waals surface area contributed by atoms with Crippen LogP contribution in [-0.4, -0.2) is 24.2 Å². The number of hydrogen-bond acceptors (Lipinski definition) is 5. The van der Waals surface area contributed by atoms with E-state index >= 15 is 0 Å². The van der Waals surface area contributed by atoms with Crippen LogP contribution >= 0.6 is 12.6 Å². The van der Waals surface area contributed by atoms with E-state index in [2.05, 4.69) is 17.9 Å². The number of rotatable bonds is 4. The SMILES string of the molecule is N=Cc1c(S)cc(-c2ccc(O)cc2)cc1NC1CCCCO1. The third-order valence-electron chi connectivity index (χ3n) is 4.00. The summed E-state index contributed by atoms with van der Waals surface area (Å²) in [7, 11) is 0. The van der Waals surface area contributed by atoms with E-state index in [4.69, 9.17) is 10.1 Å². The van der Waals surface area contributed by atoms with Crippen molar-refractivity contribution < 1.29 is 9.84 Å². The number of aromatic hydroxyl groups is 1. The minimum atomic E-state index is -0.0229. The minimum absolute atomic E-state index is 0.0229. The van der Waals surface area contributed by atoms with Crippen molar-refractivity contribution in [2.45, 2.75) is 30.4 Å². The number of anilines is 1. The van der Waals surface area contributed by atoms with Gasteiger partial charge >= 0.3 is 0 Å². The van der Waals surface area contributed by atoms with Crippen LogP contribution in [0.25, 0.3) is 11.1 Å². The lowest BCUT2D eigenvalue weighted by molar-refractivity contribution is 0.0343. The molecule has 0 bridgehead atoms. The number of phenolic OH excluding ortho intramolecular Hbond substituents is 1. The van der Waals surface area contributed by atoms with E-state index in [9.17, 15) is 5.11 Å². The Morgan fingerprint density at radius 2 is 1.96 bits per heavy atom. The molecule has 3 rings (SSSR count). The highest BCUT2D eigenvalue weighted by molar-refractivity contribution is 7.80. The Bertz CT molecular complexity index is 695. The lowest BCUT2D eigenvalue weighted by atomic mass is 10.0. The van der Waals surface area contributed by atoms with E-state index in [1.807, 2.05) is 24.3 Å². The van der Waals surface area contributed by atoms with Crippen molar-refractivity contribution in [3.05, 3.63) is 42.0 Å². The van der Waals surface area contributed by atoms with Crippen molar-refractivity contribution in [2.75, 3.05) is 11.9 Å². The maximum absolute atomic E-state index is 9.44. The Balaban J connectivity index is 1.95. The molecule has 3 N–H and O–H groups in total. The van der Waals surface area contributed by atoms with E-state index in [1.165, 1.54) is 6.21 Å². The molecule has 1 fully saturated rings. The molecule has 1 saturated heterocycles. The van der Waals surface area contributed by atoms with Gasteiger partial charge in [0.1, 0.15) is 12.0 Å². The fraction of sp³-hybridized carbons (Fsp3) is 0.278. The standard InChI is InChI=1S/C18H20N2O2S/c19-11-15-16(20-18-3-1-2-8-22-18)9-13(10-17(15)23)12-4-6-14(21)7-5-12/h4-7,9-11,18-21,23H,1-3,8H2. The molecule has 2 aromatic carbocycles. The lowest BCUT2D eigenvalue weighted by Gasteiger charge is -2.26. The summed E-state index contributed by atoms with van der Waals surface area (Å²) in [4.78, 5) is 0.740. The first-order chi connectivity index (χ1) is 11.2. The summed E-state index contributed by atoms with van der Waals surface area (Å²) in [5.74, 6) is 0.241. The van der Waals surface area contributed by atoms with Crippen LogP contribution in [0, 0.1) is 5.41 Å². The Morgan fingerprint density at radius 1 is 1.17 bits per heavy atom. The van der Waals surface area contributed by atoms with Crippen molar-refractivity contribution in [1.82, 2.24) is 0 Å². The van der Waals surface area contributed by atoms with Crippen LogP contribution in [0.3, 0.4) is 0 Å². The topological polar surface area (TPSA) is 65.3 Å². The molecule has 1 aliphatic rings. The Kier molecular flexibility index (Phi) is 4.88. The quantitative estimate of drug-likeness (QED) is 0.500. The normalized spacial score (nSPS) is 17.7. The second kappa shape index (κ2) is 7.06. The predicted octanol–water partition coefficient (Wildman–Crippen LogP) is 4.28. The van der Waals surface area contributed by atoms with Gasteiger partial charge in [0.2, 0.25) is 0 Å². The van der Waals surface area contributed by atoms with Gasteiger partial charge in [0.25, 0.3) is 0 Å². The number of nitrogens with one attached hydrogen (secondary N) is 2. The predicted molar refractivity (Wildman–Crippen MR) is 95.9 cm³/mol. The summed E-state index contributed by atoms with van der Waals surface area (Å²) in [5.41, 5.74) is 3.58. The maximum Gasteiger partial charge on any atom is 0.127 e. The van der Waals surface area contributed by atoms with E-state index < -0.39 is 0 Å². The van der Waals surface area contributed by atoms with Crippen molar-refractivity contribution in [1.29, 1.82) is 5.41 Å². The molecule has 120 valence electrons. The first-order valence-electron chi connectivity index (χ1n) is 7.72. The Labute approximate surface area is 141 Å². The highest BCUT2D eigenvalue weighted by atomic mass is 32.1. The highest BCUT2D eigenvalue weighted by Gasteiger charge is 2.16. The first-order valence-corrected chi connectivity index (χ1v) is 8.17. The molecule has 23 heavy (non-hydrogen) atoms. The second-order valence-corrected chi connectivity index (χ2v) is 6.13. The average molecular weight is 328 g/mol. The third-order valence-corrected chi connectivity index (χ3v) is 4.37.